The summed E-state index contributed by atoms with van der Waals surface area (Å²) >= 11 is 0. The van der Waals surface area contributed by atoms with Gasteiger partial charge in [-0.25, -0.2) is 0 Å². The van der Waals surface area contributed by atoms with Crippen LogP contribution in [0.2, 0.25) is 0 Å². The summed E-state index contributed by atoms with van der Waals surface area (Å²) in [5.74, 6) is -0.800. The number of nitrogens with one attached hydrogen (secondary N) is 1. The Morgan fingerprint density at radius 1 is 1.36 bits per heavy atom. The Balaban J connectivity index is 2.47. The van der Waals surface area contributed by atoms with Crippen LogP contribution in [0, 0.1) is 0 Å². The molecule has 0 atom stereocenters. The first-order valence-electron chi connectivity index (χ1n) is 4.63. The van der Waals surface area contributed by atoms with Crippen molar-refractivity contribution in [2.45, 2.75) is 32.7 Å². The monoisotopic (exact) mass is 198 g/mol. The van der Waals surface area contributed by atoms with E-state index in [1.807, 2.05) is 13.8 Å². The molecule has 1 N–H and O–H groups in total. The number of hydrogen-bond acceptors (Lipinski definition) is 3. The van der Waals surface area contributed by atoms with Gasteiger partial charge in [-0.05, 0) is 13.8 Å². The van der Waals surface area contributed by atoms with Gasteiger partial charge >= 0.3 is 0 Å². The molecule has 1 rings (SSSR count). The average Bonchev–Trinajstić information content (AvgIpc) is 2.34. The van der Waals surface area contributed by atoms with Gasteiger partial charge in [0, 0.05) is 18.9 Å². The lowest BCUT2D eigenvalue weighted by Crippen LogP contribution is -2.42. The van der Waals surface area contributed by atoms with Gasteiger partial charge < -0.3 is 5.32 Å². The predicted molar refractivity (Wildman–Crippen MR) is 49.2 cm³/mol. The molecule has 5 heteroatoms. The maximum atomic E-state index is 11.2. The van der Waals surface area contributed by atoms with Crippen molar-refractivity contribution in [3.05, 3.63) is 0 Å². The van der Waals surface area contributed by atoms with Gasteiger partial charge in [-0.15, -0.1) is 0 Å². The minimum atomic E-state index is -0.288. The van der Waals surface area contributed by atoms with Crippen LogP contribution in [-0.2, 0) is 14.4 Å². The van der Waals surface area contributed by atoms with E-state index in [0.29, 0.717) is 0 Å². The molecule has 14 heavy (non-hydrogen) atoms. The Bertz CT molecular complexity index is 257. The van der Waals surface area contributed by atoms with Crippen LogP contribution in [0.5, 0.6) is 0 Å². The molecule has 0 aromatic rings. The molecule has 1 fully saturated rings. The third kappa shape index (κ3) is 2.55. The van der Waals surface area contributed by atoms with E-state index in [0.717, 1.165) is 4.90 Å². The standard InChI is InChI=1S/C9H14N2O3/c1-6(2)10-7(12)5-11-8(13)3-4-9(11)14/h6H,3-5H2,1-2H3,(H,10,12). The lowest BCUT2D eigenvalue weighted by Gasteiger charge is -2.14. The van der Waals surface area contributed by atoms with E-state index >= 15 is 0 Å². The van der Waals surface area contributed by atoms with Crippen molar-refractivity contribution in [3.63, 3.8) is 0 Å². The molecule has 1 aliphatic rings. The normalized spacial score (nSPS) is 16.6. The quantitative estimate of drug-likeness (QED) is 0.631. The molecule has 0 radical (unpaired) electrons. The molecule has 0 aromatic heterocycles. The van der Waals surface area contributed by atoms with E-state index in [9.17, 15) is 14.4 Å². The summed E-state index contributed by atoms with van der Waals surface area (Å²) in [5, 5.41) is 2.63. The largest absolute Gasteiger partial charge is 0.352 e. The number of amides is 3. The second-order valence-corrected chi connectivity index (χ2v) is 3.60. The number of hydrogen-bond donors (Lipinski definition) is 1. The summed E-state index contributed by atoms with van der Waals surface area (Å²) in [7, 11) is 0. The number of likely N-dealkylation sites (tertiary alicyclic amines) is 1. The second kappa shape index (κ2) is 4.21. The molecule has 3 amide bonds. The van der Waals surface area contributed by atoms with Crippen LogP contribution in [0.4, 0.5) is 0 Å². The first-order valence-corrected chi connectivity index (χ1v) is 4.63. The number of nitrogens with zero attached hydrogens (tertiary/aromatic N) is 1. The lowest BCUT2D eigenvalue weighted by molar-refractivity contribution is -0.142. The van der Waals surface area contributed by atoms with E-state index in [4.69, 9.17) is 0 Å². The van der Waals surface area contributed by atoms with Crippen LogP contribution in [0.3, 0.4) is 0 Å². The van der Waals surface area contributed by atoms with Crippen LogP contribution < -0.4 is 5.32 Å². The molecular weight excluding hydrogens is 184 g/mol. The maximum absolute atomic E-state index is 11.2. The smallest absolute Gasteiger partial charge is 0.240 e. The van der Waals surface area contributed by atoms with Crippen LogP contribution >= 0.6 is 0 Å². The Labute approximate surface area is 82.4 Å². The molecule has 0 aliphatic carbocycles. The summed E-state index contributed by atoms with van der Waals surface area (Å²) < 4.78 is 0. The number of carbonyl (C=O) groups excluding carboxylic acids is 3. The van der Waals surface area contributed by atoms with Crippen molar-refractivity contribution in [3.8, 4) is 0 Å². The molecule has 0 saturated carbocycles. The van der Waals surface area contributed by atoms with E-state index < -0.39 is 0 Å². The summed E-state index contributed by atoms with van der Waals surface area (Å²) in [6.45, 7) is 3.51. The molecule has 1 aliphatic heterocycles. The highest BCUT2D eigenvalue weighted by molar-refractivity contribution is 6.04. The summed E-state index contributed by atoms with van der Waals surface area (Å²) in [4.78, 5) is 34.5. The zero-order chi connectivity index (χ0) is 10.7. The lowest BCUT2D eigenvalue weighted by atomic mass is 10.4. The zero-order valence-corrected chi connectivity index (χ0v) is 8.37. The van der Waals surface area contributed by atoms with Crippen LogP contribution in [0.15, 0.2) is 0 Å². The molecule has 0 spiro atoms. The van der Waals surface area contributed by atoms with Crippen molar-refractivity contribution in [1.29, 1.82) is 0 Å². The Hall–Kier alpha value is -1.39. The van der Waals surface area contributed by atoms with Gasteiger partial charge in [-0.1, -0.05) is 0 Å². The maximum Gasteiger partial charge on any atom is 0.240 e. The van der Waals surface area contributed by atoms with Crippen molar-refractivity contribution >= 4 is 17.7 Å². The number of rotatable bonds is 3. The topological polar surface area (TPSA) is 66.5 Å². The third-order valence-electron chi connectivity index (χ3n) is 1.91. The van der Waals surface area contributed by atoms with Gasteiger partial charge in [0.15, 0.2) is 0 Å². The zero-order valence-electron chi connectivity index (χ0n) is 8.37. The number of imide groups is 1. The van der Waals surface area contributed by atoms with Crippen LogP contribution in [-0.4, -0.2) is 35.2 Å². The Morgan fingerprint density at radius 3 is 2.29 bits per heavy atom. The fourth-order valence-electron chi connectivity index (χ4n) is 1.31. The van der Waals surface area contributed by atoms with Gasteiger partial charge in [0.2, 0.25) is 17.7 Å². The Kier molecular flexibility index (Phi) is 3.22. The molecular formula is C9H14N2O3. The van der Waals surface area contributed by atoms with Gasteiger partial charge in [-0.2, -0.15) is 0 Å². The van der Waals surface area contributed by atoms with Crippen molar-refractivity contribution in [2.75, 3.05) is 6.54 Å². The highest BCUT2D eigenvalue weighted by Crippen LogP contribution is 2.10. The Morgan fingerprint density at radius 2 is 1.86 bits per heavy atom. The van der Waals surface area contributed by atoms with Crippen LogP contribution in [0.1, 0.15) is 26.7 Å². The number of carbonyl (C=O) groups is 3. The average molecular weight is 198 g/mol. The molecule has 1 heterocycles. The minimum absolute atomic E-state index is 0.0234. The van der Waals surface area contributed by atoms with E-state index in [1.165, 1.54) is 0 Å². The molecule has 78 valence electrons. The van der Waals surface area contributed by atoms with Crippen LogP contribution in [0.25, 0.3) is 0 Å². The third-order valence-corrected chi connectivity index (χ3v) is 1.91. The molecule has 0 aromatic carbocycles. The van der Waals surface area contributed by atoms with E-state index in [1.54, 1.807) is 0 Å². The summed E-state index contributed by atoms with van der Waals surface area (Å²) in [6, 6.07) is 0.0234. The van der Waals surface area contributed by atoms with Crippen molar-refractivity contribution in [1.82, 2.24) is 10.2 Å². The van der Waals surface area contributed by atoms with Crippen molar-refractivity contribution < 1.29 is 14.4 Å². The van der Waals surface area contributed by atoms with Gasteiger partial charge in [0.1, 0.15) is 6.54 Å². The SMILES string of the molecule is CC(C)NC(=O)CN1C(=O)CCC1=O. The highest BCUT2D eigenvalue weighted by atomic mass is 16.2. The highest BCUT2D eigenvalue weighted by Gasteiger charge is 2.30. The van der Waals surface area contributed by atoms with E-state index in [-0.39, 0.29) is 43.1 Å². The first kappa shape index (κ1) is 10.7. The minimum Gasteiger partial charge on any atom is -0.352 e. The van der Waals surface area contributed by atoms with Crippen molar-refractivity contribution in [2.24, 2.45) is 0 Å². The molecule has 0 unspecified atom stereocenters. The molecule has 1 saturated heterocycles. The van der Waals surface area contributed by atoms with Gasteiger partial charge in [-0.3, -0.25) is 19.3 Å². The molecule has 5 nitrogen and oxygen atoms in total. The predicted octanol–water partition coefficient (Wildman–Crippen LogP) is -0.340. The second-order valence-electron chi connectivity index (χ2n) is 3.60. The fourth-order valence-corrected chi connectivity index (χ4v) is 1.31. The van der Waals surface area contributed by atoms with Gasteiger partial charge in [0.05, 0.1) is 0 Å². The van der Waals surface area contributed by atoms with Gasteiger partial charge in [0.25, 0.3) is 0 Å². The summed E-state index contributed by atoms with van der Waals surface area (Å²) in [6.07, 6.45) is 0.460. The first-order chi connectivity index (χ1) is 6.50. The summed E-state index contributed by atoms with van der Waals surface area (Å²) in [5.41, 5.74) is 0. The van der Waals surface area contributed by atoms with E-state index in [2.05, 4.69) is 5.32 Å². The fraction of sp³-hybridized carbons (Fsp3) is 0.667. The molecule has 0 bridgehead atoms.